The molecule has 1 unspecified atom stereocenters. The second-order valence-electron chi connectivity index (χ2n) is 5.98. The first-order chi connectivity index (χ1) is 11.7. The van der Waals surface area contributed by atoms with Gasteiger partial charge in [-0.25, -0.2) is 4.79 Å². The molecular formula is C19H17NO4. The van der Waals surface area contributed by atoms with E-state index in [-0.39, 0.29) is 5.91 Å². The van der Waals surface area contributed by atoms with Crippen LogP contribution in [0.15, 0.2) is 48.5 Å². The van der Waals surface area contributed by atoms with Crippen LogP contribution in [0.25, 0.3) is 0 Å². The van der Waals surface area contributed by atoms with Crippen LogP contribution in [0.4, 0.5) is 5.69 Å². The molecule has 122 valence electrons. The monoisotopic (exact) mass is 323 g/mol. The molecule has 0 saturated carbocycles. The first-order valence-corrected chi connectivity index (χ1v) is 8.07. The molecule has 1 amide bonds. The molecule has 2 aliphatic heterocycles. The fourth-order valence-corrected chi connectivity index (χ4v) is 3.11. The van der Waals surface area contributed by atoms with Crippen LogP contribution in [0.5, 0.6) is 11.5 Å². The van der Waals surface area contributed by atoms with Gasteiger partial charge in [-0.3, -0.25) is 4.79 Å². The largest absolute Gasteiger partial charge is 0.478 e. The number of ether oxygens (including phenoxy) is 2. The van der Waals surface area contributed by atoms with Gasteiger partial charge in [0.2, 0.25) is 5.91 Å². The molecule has 5 heteroatoms. The zero-order valence-corrected chi connectivity index (χ0v) is 13.1. The summed E-state index contributed by atoms with van der Waals surface area (Å²) in [6.07, 6.45) is 1.39. The Morgan fingerprint density at radius 2 is 1.92 bits per heavy atom. The Labute approximate surface area is 139 Å². The molecule has 24 heavy (non-hydrogen) atoms. The van der Waals surface area contributed by atoms with Gasteiger partial charge in [-0.05, 0) is 42.3 Å². The van der Waals surface area contributed by atoms with Crippen LogP contribution in [0, 0.1) is 0 Å². The van der Waals surface area contributed by atoms with Crippen molar-refractivity contribution in [2.24, 2.45) is 0 Å². The second-order valence-corrected chi connectivity index (χ2v) is 5.98. The fraction of sp³-hybridized carbons (Fsp3) is 0.263. The minimum absolute atomic E-state index is 0.136. The highest BCUT2D eigenvalue weighted by Crippen LogP contribution is 2.29. The summed E-state index contributed by atoms with van der Waals surface area (Å²) in [4.78, 5) is 25.8. The van der Waals surface area contributed by atoms with E-state index in [1.54, 1.807) is 29.2 Å². The number of rotatable bonds is 3. The van der Waals surface area contributed by atoms with Crippen molar-refractivity contribution in [2.75, 3.05) is 11.4 Å². The van der Waals surface area contributed by atoms with Gasteiger partial charge < -0.3 is 14.4 Å². The quantitative estimate of drug-likeness (QED) is 0.644. The predicted octanol–water partition coefficient (Wildman–Crippen LogP) is 2.72. The summed E-state index contributed by atoms with van der Waals surface area (Å²) in [6.45, 7) is 0.742. The molecule has 0 radical (unpaired) electrons. The fourth-order valence-electron chi connectivity index (χ4n) is 3.11. The van der Waals surface area contributed by atoms with E-state index in [1.165, 1.54) is 0 Å². The maximum atomic E-state index is 12.3. The van der Waals surface area contributed by atoms with Crippen molar-refractivity contribution in [1.29, 1.82) is 0 Å². The highest BCUT2D eigenvalue weighted by molar-refractivity contribution is 5.95. The average Bonchev–Trinajstić information content (AvgIpc) is 3.21. The van der Waals surface area contributed by atoms with Crippen molar-refractivity contribution < 1.29 is 19.1 Å². The zero-order chi connectivity index (χ0) is 16.5. The molecule has 1 atom stereocenters. The number of nitrogens with zero attached hydrogens (tertiary/aromatic N) is 1. The lowest BCUT2D eigenvalue weighted by molar-refractivity contribution is -0.141. The maximum Gasteiger partial charge on any atom is 0.353 e. The number of anilines is 1. The molecule has 4 rings (SSSR count). The molecule has 0 aliphatic carbocycles. The van der Waals surface area contributed by atoms with Gasteiger partial charge in [-0.1, -0.05) is 18.2 Å². The van der Waals surface area contributed by atoms with E-state index >= 15 is 0 Å². The molecule has 0 spiro atoms. The number of amides is 1. The molecule has 0 aromatic heterocycles. The van der Waals surface area contributed by atoms with E-state index < -0.39 is 12.1 Å². The van der Waals surface area contributed by atoms with E-state index in [2.05, 4.69) is 0 Å². The first-order valence-electron chi connectivity index (χ1n) is 8.07. The first kappa shape index (κ1) is 14.8. The number of hydrogen-bond donors (Lipinski definition) is 0. The summed E-state index contributed by atoms with van der Waals surface area (Å²) in [6, 6.07) is 14.6. The third-order valence-electron chi connectivity index (χ3n) is 4.35. The standard InChI is InChI=1S/C19H17NO4/c21-18-6-3-11-20(18)14-7-9-15(10-8-14)23-19(22)17-12-13-4-1-2-5-16(13)24-17/h1-2,4-5,7-10,17H,3,6,11-12H2. The minimum atomic E-state index is -0.609. The van der Waals surface area contributed by atoms with E-state index in [1.807, 2.05) is 24.3 Å². The van der Waals surface area contributed by atoms with Gasteiger partial charge >= 0.3 is 5.97 Å². The molecule has 1 fully saturated rings. The van der Waals surface area contributed by atoms with Crippen LogP contribution >= 0.6 is 0 Å². The van der Waals surface area contributed by atoms with Crippen molar-refractivity contribution in [3.05, 3.63) is 54.1 Å². The SMILES string of the molecule is O=C(Oc1ccc(N2CCCC2=O)cc1)C1Cc2ccccc2O1. The number of carbonyl (C=O) groups is 2. The summed E-state index contributed by atoms with van der Waals surface area (Å²) in [7, 11) is 0. The smallest absolute Gasteiger partial charge is 0.353 e. The molecule has 0 bridgehead atoms. The molecule has 2 aromatic carbocycles. The van der Waals surface area contributed by atoms with E-state index in [0.29, 0.717) is 18.6 Å². The Hall–Kier alpha value is -2.82. The number of esters is 1. The van der Waals surface area contributed by atoms with Gasteiger partial charge in [-0.2, -0.15) is 0 Å². The number of hydrogen-bond acceptors (Lipinski definition) is 4. The Kier molecular flexibility index (Phi) is 3.69. The van der Waals surface area contributed by atoms with Crippen LogP contribution < -0.4 is 14.4 Å². The van der Waals surface area contributed by atoms with E-state index in [4.69, 9.17) is 9.47 Å². The Bertz CT molecular complexity index is 759. The van der Waals surface area contributed by atoms with Crippen molar-refractivity contribution in [3.63, 3.8) is 0 Å². The lowest BCUT2D eigenvalue weighted by Crippen LogP contribution is -2.29. The van der Waals surface area contributed by atoms with Crippen LogP contribution in [-0.2, 0) is 16.0 Å². The molecule has 0 N–H and O–H groups in total. The molecule has 5 nitrogen and oxygen atoms in total. The summed E-state index contributed by atoms with van der Waals surface area (Å²) < 4.78 is 11.0. The maximum absolute atomic E-state index is 12.3. The van der Waals surface area contributed by atoms with Crippen molar-refractivity contribution >= 4 is 17.6 Å². The molecular weight excluding hydrogens is 306 g/mol. The molecule has 2 aliphatic rings. The average molecular weight is 323 g/mol. The molecule has 2 aromatic rings. The number of carbonyl (C=O) groups excluding carboxylic acids is 2. The summed E-state index contributed by atoms with van der Waals surface area (Å²) >= 11 is 0. The van der Waals surface area contributed by atoms with Crippen molar-refractivity contribution in [2.45, 2.75) is 25.4 Å². The summed E-state index contributed by atoms with van der Waals surface area (Å²) in [5.74, 6) is 0.922. The lowest BCUT2D eigenvalue weighted by Gasteiger charge is -2.16. The van der Waals surface area contributed by atoms with Gasteiger partial charge in [0, 0.05) is 25.1 Å². The van der Waals surface area contributed by atoms with Gasteiger partial charge in [0.25, 0.3) is 0 Å². The molecule has 2 heterocycles. The van der Waals surface area contributed by atoms with Gasteiger partial charge in [0.15, 0.2) is 6.10 Å². The summed E-state index contributed by atoms with van der Waals surface area (Å²) in [5, 5.41) is 0. The summed E-state index contributed by atoms with van der Waals surface area (Å²) in [5.41, 5.74) is 1.85. The van der Waals surface area contributed by atoms with E-state index in [0.717, 1.165) is 30.0 Å². The van der Waals surface area contributed by atoms with Crippen LogP contribution in [-0.4, -0.2) is 24.5 Å². The van der Waals surface area contributed by atoms with Gasteiger partial charge in [0.1, 0.15) is 11.5 Å². The third-order valence-corrected chi connectivity index (χ3v) is 4.35. The van der Waals surface area contributed by atoms with Crippen LogP contribution in [0.2, 0.25) is 0 Å². The van der Waals surface area contributed by atoms with Crippen LogP contribution in [0.3, 0.4) is 0 Å². The Morgan fingerprint density at radius 3 is 2.62 bits per heavy atom. The van der Waals surface area contributed by atoms with Gasteiger partial charge in [-0.15, -0.1) is 0 Å². The minimum Gasteiger partial charge on any atom is -0.478 e. The van der Waals surface area contributed by atoms with Crippen molar-refractivity contribution in [3.8, 4) is 11.5 Å². The molecule has 1 saturated heterocycles. The predicted molar refractivity (Wildman–Crippen MR) is 88.2 cm³/mol. The van der Waals surface area contributed by atoms with Gasteiger partial charge in [0.05, 0.1) is 0 Å². The Balaban J connectivity index is 1.41. The second kappa shape index (κ2) is 6.00. The topological polar surface area (TPSA) is 55.8 Å². The van der Waals surface area contributed by atoms with E-state index in [9.17, 15) is 9.59 Å². The number of para-hydroxylation sites is 1. The Morgan fingerprint density at radius 1 is 1.12 bits per heavy atom. The number of fused-ring (bicyclic) bond motifs is 1. The third kappa shape index (κ3) is 2.73. The lowest BCUT2D eigenvalue weighted by atomic mass is 10.1. The zero-order valence-electron chi connectivity index (χ0n) is 13.1. The van der Waals surface area contributed by atoms with Crippen molar-refractivity contribution in [1.82, 2.24) is 0 Å². The van der Waals surface area contributed by atoms with Crippen LogP contribution in [0.1, 0.15) is 18.4 Å². The normalized spacial score (nSPS) is 19.1. The highest BCUT2D eigenvalue weighted by Gasteiger charge is 2.30. The number of benzene rings is 2. The highest BCUT2D eigenvalue weighted by atomic mass is 16.6.